The molecule has 0 radical (unpaired) electrons. The molecule has 0 unspecified atom stereocenters. The molecule has 9 nitrogen and oxygen atoms in total. The van der Waals surface area contributed by atoms with Gasteiger partial charge in [0.25, 0.3) is 0 Å². The minimum absolute atomic E-state index is 0.154. The van der Waals surface area contributed by atoms with Crippen molar-refractivity contribution in [3.63, 3.8) is 0 Å². The van der Waals surface area contributed by atoms with E-state index in [1.54, 1.807) is 11.0 Å². The molecular formula is C33H40F3N7O2. The molecule has 0 aliphatic carbocycles. The van der Waals surface area contributed by atoms with Crippen LogP contribution in [0.2, 0.25) is 0 Å². The summed E-state index contributed by atoms with van der Waals surface area (Å²) in [6.45, 7) is 12.9. The number of nitrogens with zero attached hydrogens (tertiary/aromatic N) is 7. The maximum Gasteiger partial charge on any atom is 0.433 e. The molecule has 1 amide bonds. The second-order valence-electron chi connectivity index (χ2n) is 12.9. The predicted molar refractivity (Wildman–Crippen MR) is 167 cm³/mol. The van der Waals surface area contributed by atoms with Crippen molar-refractivity contribution < 1.29 is 22.7 Å². The van der Waals surface area contributed by atoms with Crippen molar-refractivity contribution in [1.29, 1.82) is 0 Å². The van der Waals surface area contributed by atoms with Crippen molar-refractivity contribution in [2.75, 3.05) is 70.4 Å². The number of carbonyl (C=O) groups is 1. The van der Waals surface area contributed by atoms with E-state index in [9.17, 15) is 18.0 Å². The van der Waals surface area contributed by atoms with Gasteiger partial charge in [0.15, 0.2) is 11.3 Å². The molecule has 2 fully saturated rings. The van der Waals surface area contributed by atoms with E-state index in [2.05, 4.69) is 62.3 Å². The molecule has 6 rings (SSSR count). The van der Waals surface area contributed by atoms with Crippen LogP contribution in [0.1, 0.15) is 37.7 Å². The zero-order chi connectivity index (χ0) is 31.8. The van der Waals surface area contributed by atoms with Gasteiger partial charge in [-0.1, -0.05) is 57.2 Å². The van der Waals surface area contributed by atoms with E-state index in [1.807, 2.05) is 25.7 Å². The van der Waals surface area contributed by atoms with Gasteiger partial charge in [-0.2, -0.15) is 22.8 Å². The number of ether oxygens (including phenoxy) is 1. The first kappa shape index (κ1) is 31.1. The Hall–Kier alpha value is -3.90. The zero-order valence-corrected chi connectivity index (χ0v) is 26.1. The lowest BCUT2D eigenvalue weighted by Crippen LogP contribution is -2.50. The minimum Gasteiger partial charge on any atom is -0.448 e. The summed E-state index contributed by atoms with van der Waals surface area (Å²) in [4.78, 5) is 24.9. The van der Waals surface area contributed by atoms with Crippen molar-refractivity contribution in [3.8, 4) is 0 Å². The molecule has 2 saturated heterocycles. The number of hydrogen-bond acceptors (Lipinski definition) is 7. The van der Waals surface area contributed by atoms with Gasteiger partial charge in [0, 0.05) is 83.0 Å². The quantitative estimate of drug-likeness (QED) is 0.290. The lowest BCUT2D eigenvalue weighted by molar-refractivity contribution is -0.141. The topological polar surface area (TPSA) is 69.5 Å². The van der Waals surface area contributed by atoms with Crippen molar-refractivity contribution >= 4 is 28.3 Å². The van der Waals surface area contributed by atoms with Gasteiger partial charge in [0.2, 0.25) is 0 Å². The summed E-state index contributed by atoms with van der Waals surface area (Å²) in [5.41, 5.74) is 0.814. The van der Waals surface area contributed by atoms with Crippen LogP contribution in [0.15, 0.2) is 54.6 Å². The molecule has 0 atom stereocenters. The Bertz CT molecular complexity index is 1650. The number of hydrogen-bond donors (Lipinski definition) is 0. The fraction of sp³-hybridized carbons (Fsp3) is 0.485. The van der Waals surface area contributed by atoms with E-state index >= 15 is 0 Å². The SMILES string of the molecule is CC(C)(C)c1cc2nc(C(F)(F)F)cc(N3CCN(C(=O)OCCN4CCN(Cc5ccc6ccccc6c5)CC4)CC3)n2n1. The number of anilines is 1. The fourth-order valence-electron chi connectivity index (χ4n) is 5.93. The summed E-state index contributed by atoms with van der Waals surface area (Å²) < 4.78 is 48.2. The molecule has 0 N–H and O–H groups in total. The molecule has 45 heavy (non-hydrogen) atoms. The van der Waals surface area contributed by atoms with Crippen molar-refractivity contribution in [3.05, 3.63) is 71.5 Å². The van der Waals surface area contributed by atoms with Gasteiger partial charge in [-0.05, 0) is 22.4 Å². The molecule has 240 valence electrons. The number of carbonyl (C=O) groups excluding carboxylic acids is 1. The first-order valence-electron chi connectivity index (χ1n) is 15.5. The number of benzene rings is 2. The predicted octanol–water partition coefficient (Wildman–Crippen LogP) is 5.28. The highest BCUT2D eigenvalue weighted by molar-refractivity contribution is 5.83. The van der Waals surface area contributed by atoms with Gasteiger partial charge < -0.3 is 14.5 Å². The lowest BCUT2D eigenvalue weighted by Gasteiger charge is -2.36. The Kier molecular flexibility index (Phi) is 8.62. The number of halogens is 3. The monoisotopic (exact) mass is 623 g/mol. The second-order valence-corrected chi connectivity index (χ2v) is 12.9. The van der Waals surface area contributed by atoms with Gasteiger partial charge in [0.05, 0.1) is 5.69 Å². The van der Waals surface area contributed by atoms with Gasteiger partial charge in [-0.3, -0.25) is 9.80 Å². The summed E-state index contributed by atoms with van der Waals surface area (Å²) in [5.74, 6) is 0.315. The number of alkyl halides is 3. The van der Waals surface area contributed by atoms with Gasteiger partial charge in [-0.15, -0.1) is 0 Å². The molecule has 0 spiro atoms. The largest absolute Gasteiger partial charge is 0.448 e. The third-order valence-electron chi connectivity index (χ3n) is 8.65. The zero-order valence-electron chi connectivity index (χ0n) is 26.1. The normalized spacial score (nSPS) is 17.4. The summed E-state index contributed by atoms with van der Waals surface area (Å²) in [6, 6.07) is 17.7. The fourth-order valence-corrected chi connectivity index (χ4v) is 5.93. The summed E-state index contributed by atoms with van der Waals surface area (Å²) in [5, 5.41) is 7.10. The van der Waals surface area contributed by atoms with Crippen LogP contribution in [0.5, 0.6) is 0 Å². The third kappa shape index (κ3) is 7.17. The summed E-state index contributed by atoms with van der Waals surface area (Å²) >= 11 is 0. The number of aromatic nitrogens is 3. The molecule has 0 bridgehead atoms. The van der Waals surface area contributed by atoms with E-state index in [-0.39, 0.29) is 11.1 Å². The highest BCUT2D eigenvalue weighted by atomic mass is 19.4. The average molecular weight is 624 g/mol. The molecule has 4 heterocycles. The Labute approximate surface area is 261 Å². The van der Waals surface area contributed by atoms with Crippen LogP contribution in [0.4, 0.5) is 23.8 Å². The van der Waals surface area contributed by atoms with E-state index in [0.717, 1.165) is 38.8 Å². The Balaban J connectivity index is 0.973. The Morgan fingerprint density at radius 2 is 1.51 bits per heavy atom. The molecule has 2 aromatic heterocycles. The molecule has 0 saturated carbocycles. The van der Waals surface area contributed by atoms with E-state index in [4.69, 9.17) is 4.74 Å². The number of amides is 1. The number of fused-ring (bicyclic) bond motifs is 2. The molecule has 2 aliphatic rings. The van der Waals surface area contributed by atoms with Crippen LogP contribution in [-0.2, 0) is 22.9 Å². The first-order valence-corrected chi connectivity index (χ1v) is 15.5. The molecule has 2 aliphatic heterocycles. The molecular weight excluding hydrogens is 583 g/mol. The van der Waals surface area contributed by atoms with E-state index in [0.29, 0.717) is 50.8 Å². The highest BCUT2D eigenvalue weighted by Gasteiger charge is 2.35. The lowest BCUT2D eigenvalue weighted by atomic mass is 9.93. The maximum atomic E-state index is 13.7. The summed E-state index contributed by atoms with van der Waals surface area (Å²) in [6.07, 6.45) is -4.98. The van der Waals surface area contributed by atoms with E-state index < -0.39 is 18.0 Å². The maximum absolute atomic E-state index is 13.7. The van der Waals surface area contributed by atoms with Crippen LogP contribution in [-0.4, -0.2) is 101 Å². The van der Waals surface area contributed by atoms with Gasteiger partial charge in [-0.25, -0.2) is 9.78 Å². The van der Waals surface area contributed by atoms with Crippen molar-refractivity contribution in [2.45, 2.75) is 38.9 Å². The van der Waals surface area contributed by atoms with Crippen LogP contribution in [0.3, 0.4) is 0 Å². The molecule has 4 aromatic rings. The molecule has 12 heteroatoms. The first-order chi connectivity index (χ1) is 21.4. The Morgan fingerprint density at radius 3 is 2.20 bits per heavy atom. The van der Waals surface area contributed by atoms with Crippen molar-refractivity contribution in [1.82, 2.24) is 29.3 Å². The average Bonchev–Trinajstić information content (AvgIpc) is 3.47. The number of rotatable bonds is 6. The number of piperazine rings is 2. The minimum atomic E-state index is -4.59. The van der Waals surface area contributed by atoms with Crippen LogP contribution < -0.4 is 4.90 Å². The van der Waals surface area contributed by atoms with E-state index in [1.165, 1.54) is 20.9 Å². The second kappa shape index (κ2) is 12.5. The standard InChI is InChI=1S/C33H40F3N7O2/c1-32(2,3)27-21-29-37-28(33(34,35)36)22-30(43(29)38-27)41-14-16-42(17-15-41)31(44)45-19-18-39-10-12-40(13-11-39)23-24-8-9-25-6-4-5-7-26(25)20-24/h4-9,20-22H,10-19,23H2,1-3H3. The van der Waals surface area contributed by atoms with Crippen molar-refractivity contribution in [2.24, 2.45) is 0 Å². The third-order valence-corrected chi connectivity index (χ3v) is 8.65. The van der Waals surface area contributed by atoms with Crippen LogP contribution in [0, 0.1) is 0 Å². The van der Waals surface area contributed by atoms with Gasteiger partial charge >= 0.3 is 12.3 Å². The highest BCUT2D eigenvalue weighted by Crippen LogP contribution is 2.33. The Morgan fingerprint density at radius 1 is 0.822 bits per heavy atom. The van der Waals surface area contributed by atoms with Crippen LogP contribution >= 0.6 is 0 Å². The van der Waals surface area contributed by atoms with Crippen LogP contribution in [0.25, 0.3) is 16.4 Å². The summed E-state index contributed by atoms with van der Waals surface area (Å²) in [7, 11) is 0. The van der Waals surface area contributed by atoms with Gasteiger partial charge in [0.1, 0.15) is 12.4 Å². The smallest absolute Gasteiger partial charge is 0.433 e. The molecule has 2 aromatic carbocycles.